The van der Waals surface area contributed by atoms with Gasteiger partial charge in [-0.25, -0.2) is 22.6 Å². The van der Waals surface area contributed by atoms with Gasteiger partial charge in [0.05, 0.1) is 40.5 Å². The van der Waals surface area contributed by atoms with E-state index in [2.05, 4.69) is 15.6 Å². The third-order valence-corrected chi connectivity index (χ3v) is 12.9. The van der Waals surface area contributed by atoms with Crippen LogP contribution in [0.25, 0.3) is 10.2 Å². The highest BCUT2D eigenvalue weighted by Crippen LogP contribution is 2.48. The summed E-state index contributed by atoms with van der Waals surface area (Å²) in [6.07, 6.45) is 2.48. The number of alkyl carbamates (subject to hydrolysis) is 1. The fourth-order valence-corrected chi connectivity index (χ4v) is 9.60. The summed E-state index contributed by atoms with van der Waals surface area (Å²) in [5, 5.41) is 18.7. The molecule has 3 aliphatic carbocycles. The monoisotopic (exact) mass is 698 g/mol. The van der Waals surface area contributed by atoms with Gasteiger partial charge in [0, 0.05) is 36.5 Å². The zero-order valence-electron chi connectivity index (χ0n) is 26.6. The lowest BCUT2D eigenvalue weighted by molar-refractivity contribution is -0.161. The maximum atomic E-state index is 14.3. The van der Waals surface area contributed by atoms with E-state index in [4.69, 9.17) is 14.2 Å². The Labute approximate surface area is 282 Å². The molecule has 2 saturated carbocycles. The maximum absolute atomic E-state index is 14.3. The highest BCUT2D eigenvalue weighted by molar-refractivity contribution is 7.89. The second-order valence-corrected chi connectivity index (χ2v) is 17.1. The summed E-state index contributed by atoms with van der Waals surface area (Å²) in [7, 11) is -4.05. The van der Waals surface area contributed by atoms with Gasteiger partial charge in [-0.3, -0.25) is 0 Å². The third kappa shape index (κ3) is 6.58. The summed E-state index contributed by atoms with van der Waals surface area (Å²) in [5.74, 6) is 0.159. The first-order valence-electron chi connectivity index (χ1n) is 16.6. The van der Waals surface area contributed by atoms with E-state index in [1.807, 2.05) is 6.92 Å². The highest BCUT2D eigenvalue weighted by Gasteiger charge is 2.49. The van der Waals surface area contributed by atoms with E-state index in [1.54, 1.807) is 30.3 Å². The molecule has 2 aromatic carbocycles. The average Bonchev–Trinajstić information content (AvgIpc) is 3.89. The summed E-state index contributed by atoms with van der Waals surface area (Å²) in [6, 6.07) is 10.2. The van der Waals surface area contributed by atoms with Gasteiger partial charge in [-0.05, 0) is 79.8 Å². The SMILES string of the molecule is CC1(CN(C[C@@H](O)[C@H](Cc2ccc(F)cc2)NC(=O)OC2=C3COC4OCC2CC34)S(=O)(=O)c2ccc3nc(NC4CC4)sc3c2)CC1. The summed E-state index contributed by atoms with van der Waals surface area (Å²) in [4.78, 5) is 18.1. The van der Waals surface area contributed by atoms with Crippen LogP contribution in [0, 0.1) is 23.1 Å². The molecule has 2 bridgehead atoms. The van der Waals surface area contributed by atoms with Gasteiger partial charge in [-0.1, -0.05) is 30.4 Å². The van der Waals surface area contributed by atoms with Crippen molar-refractivity contribution in [2.75, 3.05) is 31.6 Å². The van der Waals surface area contributed by atoms with Crippen molar-refractivity contribution in [3.8, 4) is 0 Å². The van der Waals surface area contributed by atoms with Crippen LogP contribution >= 0.6 is 11.3 Å². The molecule has 2 aliphatic heterocycles. The van der Waals surface area contributed by atoms with Crippen LogP contribution in [0.3, 0.4) is 0 Å². The molecule has 256 valence electrons. The molecule has 3 heterocycles. The summed E-state index contributed by atoms with van der Waals surface area (Å²) in [5.41, 5.74) is 2.10. The zero-order chi connectivity index (χ0) is 33.2. The van der Waals surface area contributed by atoms with Crippen LogP contribution in [0.2, 0.25) is 0 Å². The number of sulfonamides is 1. The first-order chi connectivity index (χ1) is 23.0. The van der Waals surface area contributed by atoms with Crippen molar-refractivity contribution in [2.45, 2.75) is 74.8 Å². The fraction of sp³-hybridized carbons (Fsp3) is 0.529. The van der Waals surface area contributed by atoms with E-state index in [9.17, 15) is 22.7 Å². The number of thiazole rings is 1. The molecule has 0 radical (unpaired) electrons. The number of aliphatic hydroxyl groups excluding tert-OH is 1. The number of ether oxygens (including phenoxy) is 3. The number of hydrogen-bond donors (Lipinski definition) is 3. The number of amides is 1. The van der Waals surface area contributed by atoms with E-state index >= 15 is 0 Å². The molecule has 2 saturated heterocycles. The number of nitrogens with zero attached hydrogens (tertiary/aromatic N) is 2. The molecule has 1 aromatic heterocycles. The largest absolute Gasteiger partial charge is 0.414 e. The van der Waals surface area contributed by atoms with Crippen LogP contribution in [0.1, 0.15) is 44.6 Å². The van der Waals surface area contributed by atoms with Gasteiger partial charge in [0.15, 0.2) is 11.4 Å². The Morgan fingerprint density at radius 1 is 1.21 bits per heavy atom. The Balaban J connectivity index is 1.04. The van der Waals surface area contributed by atoms with E-state index in [-0.39, 0.29) is 47.9 Å². The Bertz CT molecular complexity index is 1860. The number of carbonyl (C=O) groups excluding carboxylic acids is 1. The van der Waals surface area contributed by atoms with Crippen LogP contribution in [0.15, 0.2) is 58.7 Å². The first-order valence-corrected chi connectivity index (χ1v) is 18.8. The van der Waals surface area contributed by atoms with Gasteiger partial charge >= 0.3 is 6.09 Å². The smallest absolute Gasteiger partial charge is 0.412 e. The van der Waals surface area contributed by atoms with Gasteiger partial charge in [-0.15, -0.1) is 0 Å². The van der Waals surface area contributed by atoms with Crippen LogP contribution in [-0.2, 0) is 30.7 Å². The number of aliphatic hydroxyl groups is 1. The first kappa shape index (κ1) is 32.1. The lowest BCUT2D eigenvalue weighted by Crippen LogP contribution is -2.51. The van der Waals surface area contributed by atoms with Gasteiger partial charge in [0.1, 0.15) is 11.6 Å². The molecule has 5 atom stereocenters. The molecule has 0 spiro atoms. The summed E-state index contributed by atoms with van der Waals surface area (Å²) >= 11 is 1.42. The fourth-order valence-electron chi connectivity index (χ4n) is 6.91. The van der Waals surface area contributed by atoms with Crippen molar-refractivity contribution in [1.82, 2.24) is 14.6 Å². The number of halogens is 1. The normalized spacial score (nSPS) is 25.4. The minimum Gasteiger partial charge on any atom is -0.414 e. The van der Waals surface area contributed by atoms with Crippen molar-refractivity contribution >= 4 is 42.8 Å². The number of nitrogens with one attached hydrogen (secondary N) is 2. The molecule has 5 aliphatic rings. The number of benzene rings is 2. The Kier molecular flexibility index (Phi) is 8.24. The van der Waals surface area contributed by atoms with Crippen LogP contribution in [0.5, 0.6) is 0 Å². The molecule has 3 N–H and O–H groups in total. The Morgan fingerprint density at radius 3 is 2.75 bits per heavy atom. The maximum Gasteiger partial charge on any atom is 0.412 e. The van der Waals surface area contributed by atoms with Gasteiger partial charge in [0.25, 0.3) is 0 Å². The second-order valence-electron chi connectivity index (χ2n) is 14.2. The third-order valence-electron chi connectivity index (χ3n) is 10.2. The molecule has 48 heavy (non-hydrogen) atoms. The van der Waals surface area contributed by atoms with E-state index < -0.39 is 34.1 Å². The van der Waals surface area contributed by atoms with E-state index in [0.717, 1.165) is 53.0 Å². The van der Waals surface area contributed by atoms with Gasteiger partial charge < -0.3 is 30.0 Å². The molecule has 3 aromatic rings. The molecule has 14 heteroatoms. The van der Waals surface area contributed by atoms with Gasteiger partial charge in [-0.2, -0.15) is 4.31 Å². The number of hydrogen-bond acceptors (Lipinski definition) is 10. The average molecular weight is 699 g/mol. The topological polar surface area (TPSA) is 139 Å². The second kappa shape index (κ2) is 12.3. The zero-order valence-corrected chi connectivity index (χ0v) is 28.2. The van der Waals surface area contributed by atoms with Crippen LogP contribution in [-0.4, -0.2) is 79.7 Å². The Hall–Kier alpha value is -3.14. The predicted molar refractivity (Wildman–Crippen MR) is 176 cm³/mol. The van der Waals surface area contributed by atoms with Crippen LogP contribution < -0.4 is 10.6 Å². The van der Waals surface area contributed by atoms with Crippen LogP contribution in [0.4, 0.5) is 14.3 Å². The molecular weight excluding hydrogens is 660 g/mol. The van der Waals surface area contributed by atoms with Crippen molar-refractivity contribution in [1.29, 1.82) is 0 Å². The Morgan fingerprint density at radius 2 is 2.00 bits per heavy atom. The van der Waals surface area contributed by atoms with Crippen molar-refractivity contribution in [3.63, 3.8) is 0 Å². The minimum atomic E-state index is -4.05. The lowest BCUT2D eigenvalue weighted by Gasteiger charge is -2.31. The van der Waals surface area contributed by atoms with Gasteiger partial charge in [0.2, 0.25) is 10.0 Å². The number of carbonyl (C=O) groups is 1. The molecule has 11 nitrogen and oxygen atoms in total. The number of fused-ring (bicyclic) bond motifs is 2. The molecule has 8 rings (SSSR count). The molecular formula is C34H39FN4O7S2. The van der Waals surface area contributed by atoms with Crippen molar-refractivity contribution in [3.05, 3.63) is 65.2 Å². The molecule has 4 fully saturated rings. The van der Waals surface area contributed by atoms with E-state index in [0.29, 0.717) is 30.6 Å². The number of aromatic nitrogens is 1. The number of anilines is 1. The molecule has 1 amide bonds. The predicted octanol–water partition coefficient (Wildman–Crippen LogP) is 4.78. The van der Waals surface area contributed by atoms with Crippen molar-refractivity contribution < 1.29 is 36.9 Å². The summed E-state index contributed by atoms with van der Waals surface area (Å²) in [6.45, 7) is 2.72. The highest BCUT2D eigenvalue weighted by atomic mass is 32.2. The lowest BCUT2D eigenvalue weighted by atomic mass is 9.99. The number of rotatable bonds is 13. The standard InChI is InChI=1S/C34H39FN4O7S2/c1-34(10-11-34)18-39(48(42,43)23-8-9-26-29(14-23)47-32(37-26)36-22-6-7-22)15-28(40)27(12-19-2-4-21(35)5-3-19)38-33(41)46-30-20-13-24-25(30)17-45-31(24)44-16-20/h2-5,8-9,14,20,22,24,27-28,31,40H,6-7,10-13,15-18H2,1H3,(H,36,37)(H,38,41)/t20?,24?,27-,28+,31?/m0/s1. The molecule has 3 unspecified atom stereocenters. The van der Waals surface area contributed by atoms with Crippen molar-refractivity contribution in [2.24, 2.45) is 17.3 Å². The summed E-state index contributed by atoms with van der Waals surface area (Å²) < 4.78 is 61.7. The quantitative estimate of drug-likeness (QED) is 0.230. The minimum absolute atomic E-state index is 0.0484. The van der Waals surface area contributed by atoms with E-state index in [1.165, 1.54) is 27.8 Å².